The number of fused-ring (bicyclic) bond motifs is 2. The standard InChI is InChI=1S/C20H29N3O4S/c1-3-11-23(4-2)18(24)13-28(26,27)22-20(25)21-19-16-9-5-7-14(16)12-15-8-6-10-17(15)19/h12H,3-11,13H2,1-2H3,(H2,21,22,25). The molecule has 3 rings (SSSR count). The molecular weight excluding hydrogens is 378 g/mol. The van der Waals surface area contributed by atoms with Gasteiger partial charge in [-0.15, -0.1) is 0 Å². The molecule has 0 bridgehead atoms. The molecule has 0 saturated carbocycles. The summed E-state index contributed by atoms with van der Waals surface area (Å²) in [5, 5.41) is 2.79. The Hall–Kier alpha value is -2.09. The summed E-state index contributed by atoms with van der Waals surface area (Å²) < 4.78 is 26.6. The lowest BCUT2D eigenvalue weighted by molar-refractivity contribution is -0.128. The molecule has 8 heteroatoms. The monoisotopic (exact) mass is 407 g/mol. The van der Waals surface area contributed by atoms with E-state index in [0.29, 0.717) is 13.1 Å². The van der Waals surface area contributed by atoms with Crippen molar-refractivity contribution in [2.24, 2.45) is 0 Å². The van der Waals surface area contributed by atoms with Gasteiger partial charge in [0, 0.05) is 18.8 Å². The first-order valence-corrected chi connectivity index (χ1v) is 11.8. The summed E-state index contributed by atoms with van der Waals surface area (Å²) in [6.07, 6.45) is 6.62. The number of anilines is 1. The average Bonchev–Trinajstić information content (AvgIpc) is 3.27. The van der Waals surface area contributed by atoms with Gasteiger partial charge in [0.25, 0.3) is 0 Å². The van der Waals surface area contributed by atoms with Crippen molar-refractivity contribution in [1.29, 1.82) is 0 Å². The predicted molar refractivity (Wildman–Crippen MR) is 109 cm³/mol. The number of hydrogen-bond acceptors (Lipinski definition) is 4. The van der Waals surface area contributed by atoms with E-state index in [2.05, 4.69) is 11.4 Å². The van der Waals surface area contributed by atoms with Gasteiger partial charge >= 0.3 is 6.03 Å². The molecule has 2 N–H and O–H groups in total. The van der Waals surface area contributed by atoms with Gasteiger partial charge in [0.2, 0.25) is 15.9 Å². The van der Waals surface area contributed by atoms with Crippen LogP contribution in [0.2, 0.25) is 0 Å². The minimum Gasteiger partial charge on any atom is -0.342 e. The van der Waals surface area contributed by atoms with Gasteiger partial charge in [-0.2, -0.15) is 0 Å². The zero-order valence-corrected chi connectivity index (χ0v) is 17.5. The van der Waals surface area contributed by atoms with Gasteiger partial charge in [-0.25, -0.2) is 17.9 Å². The van der Waals surface area contributed by atoms with Gasteiger partial charge in [-0.05, 0) is 74.1 Å². The van der Waals surface area contributed by atoms with E-state index < -0.39 is 27.7 Å². The molecule has 0 heterocycles. The molecule has 0 aliphatic heterocycles. The lowest BCUT2D eigenvalue weighted by atomic mass is 9.99. The topological polar surface area (TPSA) is 95.6 Å². The van der Waals surface area contributed by atoms with E-state index in [0.717, 1.165) is 61.8 Å². The van der Waals surface area contributed by atoms with Crippen LogP contribution in [0.25, 0.3) is 0 Å². The summed E-state index contributed by atoms with van der Waals surface area (Å²) in [5.74, 6) is -1.22. The van der Waals surface area contributed by atoms with Crippen molar-refractivity contribution in [3.05, 3.63) is 28.3 Å². The van der Waals surface area contributed by atoms with Crippen LogP contribution in [0.15, 0.2) is 6.07 Å². The molecule has 2 aliphatic rings. The summed E-state index contributed by atoms with van der Waals surface area (Å²) in [5.41, 5.74) is 5.55. The molecule has 0 unspecified atom stereocenters. The molecule has 0 saturated heterocycles. The van der Waals surface area contributed by atoms with Gasteiger partial charge in [0.05, 0.1) is 0 Å². The number of carbonyl (C=O) groups excluding carboxylic acids is 2. The van der Waals surface area contributed by atoms with Crippen LogP contribution in [0.3, 0.4) is 0 Å². The number of aryl methyl sites for hydroxylation is 2. The number of sulfonamides is 1. The van der Waals surface area contributed by atoms with Gasteiger partial charge in [-0.3, -0.25) is 4.79 Å². The highest BCUT2D eigenvalue weighted by Crippen LogP contribution is 2.38. The Bertz CT molecular complexity index is 848. The van der Waals surface area contributed by atoms with E-state index in [1.165, 1.54) is 16.0 Å². The minimum absolute atomic E-state index is 0.441. The van der Waals surface area contributed by atoms with Crippen LogP contribution < -0.4 is 10.0 Å². The molecule has 0 atom stereocenters. The summed E-state index contributed by atoms with van der Waals surface area (Å²) in [7, 11) is -4.05. The van der Waals surface area contributed by atoms with Gasteiger partial charge < -0.3 is 10.2 Å². The molecule has 0 aromatic heterocycles. The lowest BCUT2D eigenvalue weighted by Crippen LogP contribution is -2.43. The summed E-state index contributed by atoms with van der Waals surface area (Å²) >= 11 is 0. The van der Waals surface area contributed by atoms with Crippen LogP contribution in [-0.4, -0.2) is 44.1 Å². The van der Waals surface area contributed by atoms with Crippen molar-refractivity contribution in [2.45, 2.75) is 58.8 Å². The number of benzene rings is 1. The Labute approximate surface area is 166 Å². The van der Waals surface area contributed by atoms with Crippen LogP contribution in [0.5, 0.6) is 0 Å². The predicted octanol–water partition coefficient (Wildman–Crippen LogP) is 2.37. The fraction of sp³-hybridized carbons (Fsp3) is 0.600. The number of rotatable bonds is 7. The zero-order chi connectivity index (χ0) is 20.3. The minimum atomic E-state index is -4.05. The Morgan fingerprint density at radius 1 is 1.04 bits per heavy atom. The molecule has 2 aliphatic carbocycles. The third kappa shape index (κ3) is 4.48. The van der Waals surface area contributed by atoms with E-state index in [4.69, 9.17) is 0 Å². The Kier molecular flexibility index (Phi) is 6.27. The SMILES string of the molecule is CCCN(CC)C(=O)CS(=O)(=O)NC(=O)Nc1c2c(cc3c1CCC3)CCC2. The third-order valence-corrected chi connectivity index (χ3v) is 6.62. The largest absolute Gasteiger partial charge is 0.342 e. The molecule has 28 heavy (non-hydrogen) atoms. The number of hydrogen-bond donors (Lipinski definition) is 2. The third-order valence-electron chi connectivity index (χ3n) is 5.50. The van der Waals surface area contributed by atoms with Crippen LogP contribution >= 0.6 is 0 Å². The molecule has 3 amide bonds. The smallest absolute Gasteiger partial charge is 0.332 e. The fourth-order valence-electron chi connectivity index (χ4n) is 4.27. The highest BCUT2D eigenvalue weighted by Gasteiger charge is 2.27. The quantitative estimate of drug-likeness (QED) is 0.725. The first-order chi connectivity index (χ1) is 13.3. The van der Waals surface area contributed by atoms with Crippen molar-refractivity contribution in [3.8, 4) is 0 Å². The van der Waals surface area contributed by atoms with E-state index >= 15 is 0 Å². The number of amides is 3. The Morgan fingerprint density at radius 2 is 1.64 bits per heavy atom. The van der Waals surface area contributed by atoms with Crippen molar-refractivity contribution >= 4 is 27.6 Å². The average molecular weight is 408 g/mol. The molecule has 1 aromatic carbocycles. The second-order valence-corrected chi connectivity index (χ2v) is 9.25. The number of nitrogens with zero attached hydrogens (tertiary/aromatic N) is 1. The first-order valence-electron chi connectivity index (χ1n) is 10.1. The maximum absolute atomic E-state index is 12.4. The number of urea groups is 1. The molecule has 0 radical (unpaired) electrons. The molecule has 0 spiro atoms. The van der Waals surface area contributed by atoms with Gasteiger partial charge in [0.1, 0.15) is 5.75 Å². The second-order valence-electron chi connectivity index (χ2n) is 7.52. The first kappa shape index (κ1) is 20.6. The van der Waals surface area contributed by atoms with Crippen molar-refractivity contribution in [3.63, 3.8) is 0 Å². The molecule has 1 aromatic rings. The highest BCUT2D eigenvalue weighted by atomic mass is 32.2. The lowest BCUT2D eigenvalue weighted by Gasteiger charge is -2.20. The van der Waals surface area contributed by atoms with Crippen LogP contribution in [0.1, 0.15) is 55.4 Å². The fourth-order valence-corrected chi connectivity index (χ4v) is 5.18. The zero-order valence-electron chi connectivity index (χ0n) is 16.6. The summed E-state index contributed by atoms with van der Waals surface area (Å²) in [4.78, 5) is 26.1. The van der Waals surface area contributed by atoms with Gasteiger partial charge in [-0.1, -0.05) is 13.0 Å². The van der Waals surface area contributed by atoms with Crippen molar-refractivity contribution in [2.75, 3.05) is 24.2 Å². The normalized spacial score (nSPS) is 15.1. The number of nitrogens with one attached hydrogen (secondary N) is 2. The van der Waals surface area contributed by atoms with E-state index in [1.807, 2.05) is 11.6 Å². The van der Waals surface area contributed by atoms with Crippen LogP contribution in [0.4, 0.5) is 10.5 Å². The molecule has 154 valence electrons. The highest BCUT2D eigenvalue weighted by molar-refractivity contribution is 7.90. The van der Waals surface area contributed by atoms with E-state index in [-0.39, 0.29) is 0 Å². The molecule has 7 nitrogen and oxygen atoms in total. The Morgan fingerprint density at radius 3 is 2.18 bits per heavy atom. The maximum Gasteiger partial charge on any atom is 0.332 e. The van der Waals surface area contributed by atoms with Crippen molar-refractivity contribution in [1.82, 2.24) is 9.62 Å². The van der Waals surface area contributed by atoms with E-state index in [9.17, 15) is 18.0 Å². The molecule has 0 fully saturated rings. The van der Waals surface area contributed by atoms with E-state index in [1.54, 1.807) is 6.92 Å². The maximum atomic E-state index is 12.4. The summed E-state index contributed by atoms with van der Waals surface area (Å²) in [6, 6.07) is 1.46. The van der Waals surface area contributed by atoms with Crippen LogP contribution in [0, 0.1) is 0 Å². The van der Waals surface area contributed by atoms with Crippen LogP contribution in [-0.2, 0) is 40.5 Å². The van der Waals surface area contributed by atoms with Gasteiger partial charge in [0.15, 0.2) is 0 Å². The molecular formula is C20H29N3O4S. The number of carbonyl (C=O) groups is 2. The summed E-state index contributed by atoms with van der Waals surface area (Å²) in [6.45, 7) is 4.67. The Balaban J connectivity index is 1.70. The van der Waals surface area contributed by atoms with Crippen molar-refractivity contribution < 1.29 is 18.0 Å². The second kappa shape index (κ2) is 8.51.